The molecule has 0 radical (unpaired) electrons. The van der Waals surface area contributed by atoms with Crippen molar-refractivity contribution in [2.24, 2.45) is 0 Å². The first kappa shape index (κ1) is 30.2. The molecule has 10 nitrogen and oxygen atoms in total. The Hall–Kier alpha value is -3.01. The van der Waals surface area contributed by atoms with Gasteiger partial charge >= 0.3 is 223 Å². The molecule has 0 heterocycles. The molecule has 11 heteroatoms. The van der Waals surface area contributed by atoms with Gasteiger partial charge in [0.25, 0.3) is 0 Å². The number of Topliss-reactive ketones (excluding diaryl/α,β-unsaturated/α-hetero) is 2. The Bertz CT molecular complexity index is 1110. The van der Waals surface area contributed by atoms with Gasteiger partial charge in [0.15, 0.2) is 0 Å². The monoisotopic (exact) mass is 582 g/mol. The predicted molar refractivity (Wildman–Crippen MR) is 136 cm³/mol. The van der Waals surface area contributed by atoms with Crippen LogP contribution in [-0.2, 0) is 19.1 Å². The molecule has 1 aromatic rings. The zero-order valence-corrected chi connectivity index (χ0v) is 23.8. The fourth-order valence-electron chi connectivity index (χ4n) is 3.27. The van der Waals surface area contributed by atoms with Crippen LogP contribution in [0.1, 0.15) is 69.2 Å². The van der Waals surface area contributed by atoms with Crippen LogP contribution < -0.4 is 10.6 Å². The number of hydrogen-bond acceptors (Lipinski definition) is 8. The molecule has 0 bridgehead atoms. The van der Waals surface area contributed by atoms with Gasteiger partial charge in [-0.15, -0.1) is 0 Å². The van der Waals surface area contributed by atoms with Gasteiger partial charge < -0.3 is 0 Å². The minimum atomic E-state index is -1.47. The second-order valence-electron chi connectivity index (χ2n) is 10.5. The quantitative estimate of drug-likeness (QED) is 0.313. The van der Waals surface area contributed by atoms with E-state index in [2.05, 4.69) is 10.6 Å². The van der Waals surface area contributed by atoms with Gasteiger partial charge in [0.05, 0.1) is 0 Å². The van der Waals surface area contributed by atoms with E-state index in [1.807, 2.05) is 0 Å². The summed E-state index contributed by atoms with van der Waals surface area (Å²) in [5, 5.41) is 14.6. The van der Waals surface area contributed by atoms with E-state index in [1.165, 1.54) is 0 Å². The Morgan fingerprint density at radius 2 is 1.57 bits per heavy atom. The third-order valence-corrected chi connectivity index (χ3v) is 7.51. The molecule has 0 fully saturated rings. The van der Waals surface area contributed by atoms with Gasteiger partial charge in [-0.2, -0.15) is 0 Å². The molecule has 1 aromatic carbocycles. The third-order valence-electron chi connectivity index (χ3n) is 4.89. The first-order valence-corrected chi connectivity index (χ1v) is 13.8. The van der Waals surface area contributed by atoms with Crippen LogP contribution in [0, 0.1) is 0 Å². The van der Waals surface area contributed by atoms with Crippen LogP contribution >= 0.6 is 0 Å². The number of ether oxygens (including phenoxy) is 2. The molecule has 1 aliphatic carbocycles. The number of amides is 2. The van der Waals surface area contributed by atoms with Crippen molar-refractivity contribution in [1.29, 1.82) is 0 Å². The molecule has 37 heavy (non-hydrogen) atoms. The second kappa shape index (κ2) is 12.0. The molecule has 0 aliphatic heterocycles. The molecule has 0 saturated carbocycles. The van der Waals surface area contributed by atoms with Crippen molar-refractivity contribution in [2.75, 3.05) is 6.61 Å². The summed E-state index contributed by atoms with van der Waals surface area (Å²) in [4.78, 5) is 63.8. The number of benzene rings is 1. The Morgan fingerprint density at radius 3 is 2.08 bits per heavy atom. The number of nitrogens with one attached hydrogen (secondary N) is 2. The number of alkyl carbamates (subject to hydrolysis) is 1. The zero-order valence-electron chi connectivity index (χ0n) is 22.1. The molecule has 3 N–H and O–H groups in total. The Morgan fingerprint density at radius 1 is 1.00 bits per heavy atom. The normalized spacial score (nSPS) is 15.5. The molecular formula is C26H34N2O8Se. The van der Waals surface area contributed by atoms with Gasteiger partial charge in [-0.1, -0.05) is 0 Å². The summed E-state index contributed by atoms with van der Waals surface area (Å²) in [5.41, 5.74) is -0.559. The number of ketones is 2. The molecule has 2 amide bonds. The molecule has 1 aliphatic rings. The van der Waals surface area contributed by atoms with Crippen molar-refractivity contribution in [1.82, 2.24) is 10.6 Å². The van der Waals surface area contributed by atoms with Crippen LogP contribution in [0.25, 0.3) is 0 Å². The van der Waals surface area contributed by atoms with E-state index in [0.29, 0.717) is 21.2 Å². The van der Waals surface area contributed by atoms with Crippen molar-refractivity contribution in [3.8, 4) is 0 Å². The average Bonchev–Trinajstić information content (AvgIpc) is 2.77. The summed E-state index contributed by atoms with van der Waals surface area (Å²) in [6.45, 7) is 11.0. The summed E-state index contributed by atoms with van der Waals surface area (Å²) < 4.78 is 10.8. The fourth-order valence-corrected chi connectivity index (χ4v) is 5.56. The molecule has 202 valence electrons. The van der Waals surface area contributed by atoms with E-state index in [9.17, 15) is 29.1 Å². The summed E-state index contributed by atoms with van der Waals surface area (Å²) in [6, 6.07) is 5.05. The number of aliphatic hydroxyl groups excluding tert-OH is 1. The minimum absolute atomic E-state index is 0.0426. The van der Waals surface area contributed by atoms with Crippen LogP contribution in [0.3, 0.4) is 0 Å². The SMILES string of the molecule is CC1=C([Se]CC(OC(=O)[C@@H](CO)NC(=O)OC(C)(C)C)C(=O)NC(C)(C)C)C(=O)c2ccccc2C1=O. The number of carbonyl (C=O) groups excluding carboxylic acids is 5. The maximum absolute atomic E-state index is 13.1. The molecule has 2 rings (SSSR count). The van der Waals surface area contributed by atoms with E-state index in [-0.39, 0.29) is 16.9 Å². The number of carbonyl (C=O) groups is 5. The number of fused-ring (bicyclic) bond motifs is 1. The van der Waals surface area contributed by atoms with Gasteiger partial charge in [0.1, 0.15) is 0 Å². The van der Waals surface area contributed by atoms with E-state index in [4.69, 9.17) is 9.47 Å². The fraction of sp³-hybridized carbons (Fsp3) is 0.500. The van der Waals surface area contributed by atoms with Crippen LogP contribution in [0.4, 0.5) is 4.79 Å². The molecule has 0 saturated heterocycles. The number of hydrogen-bond donors (Lipinski definition) is 3. The van der Waals surface area contributed by atoms with Crippen LogP contribution in [0.5, 0.6) is 0 Å². The molecule has 2 atom stereocenters. The second-order valence-corrected chi connectivity index (χ2v) is 12.7. The van der Waals surface area contributed by atoms with E-state index < -0.39 is 62.8 Å². The van der Waals surface area contributed by atoms with Gasteiger partial charge in [-0.3, -0.25) is 0 Å². The maximum atomic E-state index is 13.1. The zero-order chi connectivity index (χ0) is 28.1. The molecule has 0 spiro atoms. The van der Waals surface area contributed by atoms with Crippen molar-refractivity contribution in [3.05, 3.63) is 45.4 Å². The van der Waals surface area contributed by atoms with E-state index in [1.54, 1.807) is 72.7 Å². The summed E-state index contributed by atoms with van der Waals surface area (Å²) in [6.07, 6.45) is -2.27. The summed E-state index contributed by atoms with van der Waals surface area (Å²) in [7, 11) is 0. The van der Waals surface area contributed by atoms with Crippen molar-refractivity contribution in [2.45, 2.75) is 77.1 Å². The van der Waals surface area contributed by atoms with Gasteiger partial charge in [-0.25, -0.2) is 0 Å². The first-order chi connectivity index (χ1) is 17.0. The number of allylic oxidation sites excluding steroid dienone is 2. The van der Waals surface area contributed by atoms with E-state index in [0.717, 1.165) is 0 Å². The summed E-state index contributed by atoms with van der Waals surface area (Å²) in [5.74, 6) is -2.21. The summed E-state index contributed by atoms with van der Waals surface area (Å²) >= 11 is -0.710. The van der Waals surface area contributed by atoms with Gasteiger partial charge in [-0.05, 0) is 0 Å². The first-order valence-electron chi connectivity index (χ1n) is 11.7. The van der Waals surface area contributed by atoms with Crippen molar-refractivity contribution >= 4 is 44.5 Å². The Labute approximate surface area is 222 Å². The Balaban J connectivity index is 2.23. The van der Waals surface area contributed by atoms with Gasteiger partial charge in [0, 0.05) is 0 Å². The van der Waals surface area contributed by atoms with Crippen molar-refractivity contribution < 1.29 is 38.6 Å². The standard InChI is InChI=1S/C26H34N2O8Se/c1-14-19(30)15-10-8-9-11-16(15)20(31)21(14)37-13-18(22(32)28-25(2,3)4)35-23(33)17(12-29)27-24(34)36-26(5,6)7/h8-11,17-18,29H,12-13H2,1-7H3,(H,27,34)(H,28,32)/t17-,18?/m1/s1. The van der Waals surface area contributed by atoms with E-state index >= 15 is 0 Å². The van der Waals surface area contributed by atoms with Crippen molar-refractivity contribution in [3.63, 3.8) is 0 Å². The molecule has 0 aromatic heterocycles. The topological polar surface area (TPSA) is 148 Å². The number of rotatable bonds is 8. The van der Waals surface area contributed by atoms with Crippen LogP contribution in [-0.4, -0.2) is 79.5 Å². The van der Waals surface area contributed by atoms with Gasteiger partial charge in [0.2, 0.25) is 0 Å². The molecule has 1 unspecified atom stereocenters. The third kappa shape index (κ3) is 8.52. The van der Waals surface area contributed by atoms with Crippen LogP contribution in [0.15, 0.2) is 34.3 Å². The molecular weight excluding hydrogens is 547 g/mol. The predicted octanol–water partition coefficient (Wildman–Crippen LogP) is 2.17. The van der Waals surface area contributed by atoms with Crippen LogP contribution in [0.2, 0.25) is 5.32 Å². The number of esters is 1. The Kier molecular flexibility index (Phi) is 9.82. The number of aliphatic hydroxyl groups is 1. The average molecular weight is 582 g/mol.